The Morgan fingerprint density at radius 2 is 2.26 bits per heavy atom. The van der Waals surface area contributed by atoms with Crippen molar-refractivity contribution in [2.75, 3.05) is 6.54 Å². The largest absolute Gasteiger partial charge is 0.448 e. The number of nitrogens with zero attached hydrogens (tertiary/aromatic N) is 3. The van der Waals surface area contributed by atoms with Crippen LogP contribution < -0.4 is 0 Å². The molecule has 1 aromatic carbocycles. The van der Waals surface area contributed by atoms with Gasteiger partial charge in [0.1, 0.15) is 0 Å². The van der Waals surface area contributed by atoms with Crippen LogP contribution in [-0.4, -0.2) is 27.5 Å². The van der Waals surface area contributed by atoms with Gasteiger partial charge in [-0.3, -0.25) is 4.79 Å². The lowest BCUT2D eigenvalue weighted by Crippen LogP contribution is -2.38. The highest BCUT2D eigenvalue weighted by molar-refractivity contribution is 5.96. The van der Waals surface area contributed by atoms with Gasteiger partial charge in [-0.15, -0.1) is 0 Å². The molecule has 118 valence electrons. The summed E-state index contributed by atoms with van der Waals surface area (Å²) in [6.07, 6.45) is 3.90. The number of carbonyl (C=O) groups is 1. The standard InChI is InChI=1S/C16H14FN3O3/c17-11-5-3-4-10-8-13(23-14(10)11)16(21)20-7-2-1-6-12(20)15-18-9-22-19-15/h3-5,8-9,12H,1-2,6-7H2. The second-order valence-corrected chi connectivity index (χ2v) is 5.57. The van der Waals surface area contributed by atoms with Crippen LogP contribution in [0.25, 0.3) is 11.0 Å². The van der Waals surface area contributed by atoms with E-state index in [-0.39, 0.29) is 23.3 Å². The first-order valence-corrected chi connectivity index (χ1v) is 7.49. The van der Waals surface area contributed by atoms with Crippen LogP contribution in [0.2, 0.25) is 0 Å². The summed E-state index contributed by atoms with van der Waals surface area (Å²) in [7, 11) is 0. The number of carbonyl (C=O) groups excluding carboxylic acids is 1. The Morgan fingerprint density at radius 1 is 1.35 bits per heavy atom. The van der Waals surface area contributed by atoms with E-state index in [1.165, 1.54) is 12.5 Å². The molecule has 0 spiro atoms. The van der Waals surface area contributed by atoms with E-state index in [9.17, 15) is 9.18 Å². The molecule has 3 aromatic rings. The zero-order valence-electron chi connectivity index (χ0n) is 12.2. The average molecular weight is 315 g/mol. The first-order chi connectivity index (χ1) is 11.2. The molecule has 1 unspecified atom stereocenters. The molecule has 1 aliphatic rings. The summed E-state index contributed by atoms with van der Waals surface area (Å²) in [6.45, 7) is 0.581. The SMILES string of the molecule is O=C(c1cc2cccc(F)c2o1)N1CCCCC1c1ncon1. The Labute approximate surface area is 130 Å². The summed E-state index contributed by atoms with van der Waals surface area (Å²) in [5.74, 6) is -0.147. The second-order valence-electron chi connectivity index (χ2n) is 5.57. The summed E-state index contributed by atoms with van der Waals surface area (Å²) in [5, 5.41) is 4.42. The minimum absolute atomic E-state index is 0.101. The Morgan fingerprint density at radius 3 is 3.04 bits per heavy atom. The number of piperidine rings is 1. The van der Waals surface area contributed by atoms with Crippen molar-refractivity contribution in [3.05, 3.63) is 48.1 Å². The fraction of sp³-hybridized carbons (Fsp3) is 0.312. The van der Waals surface area contributed by atoms with E-state index in [1.54, 1.807) is 23.1 Å². The van der Waals surface area contributed by atoms with Crippen molar-refractivity contribution in [2.45, 2.75) is 25.3 Å². The predicted octanol–water partition coefficient (Wildman–Crippen LogP) is 3.32. The first kappa shape index (κ1) is 13.9. The highest BCUT2D eigenvalue weighted by Gasteiger charge is 2.33. The van der Waals surface area contributed by atoms with Gasteiger partial charge in [-0.25, -0.2) is 4.39 Å². The molecule has 6 nitrogen and oxygen atoms in total. The minimum atomic E-state index is -0.477. The van der Waals surface area contributed by atoms with Crippen molar-refractivity contribution in [1.29, 1.82) is 0 Å². The van der Waals surface area contributed by atoms with Crippen LogP contribution in [0.5, 0.6) is 0 Å². The number of furan rings is 1. The highest BCUT2D eigenvalue weighted by Crippen LogP contribution is 2.31. The summed E-state index contributed by atoms with van der Waals surface area (Å²) in [4.78, 5) is 18.5. The van der Waals surface area contributed by atoms with Crippen molar-refractivity contribution < 1.29 is 18.1 Å². The van der Waals surface area contributed by atoms with Crippen molar-refractivity contribution in [1.82, 2.24) is 15.0 Å². The lowest BCUT2D eigenvalue weighted by molar-refractivity contribution is 0.0566. The van der Waals surface area contributed by atoms with Crippen molar-refractivity contribution in [2.24, 2.45) is 0 Å². The smallest absolute Gasteiger partial charge is 0.290 e. The molecule has 3 heterocycles. The second kappa shape index (κ2) is 5.49. The number of likely N-dealkylation sites (tertiary alicyclic amines) is 1. The molecule has 1 aliphatic heterocycles. The molecule has 0 N–H and O–H groups in total. The number of hydrogen-bond acceptors (Lipinski definition) is 5. The normalized spacial score (nSPS) is 18.5. The molecule has 1 atom stereocenters. The van der Waals surface area contributed by atoms with Gasteiger partial charge in [0.15, 0.2) is 23.0 Å². The van der Waals surface area contributed by atoms with Crippen LogP contribution in [0, 0.1) is 5.82 Å². The highest BCUT2D eigenvalue weighted by atomic mass is 19.1. The number of benzene rings is 1. The third-order valence-electron chi connectivity index (χ3n) is 4.15. The summed E-state index contributed by atoms with van der Waals surface area (Å²) >= 11 is 0. The number of amides is 1. The quantitative estimate of drug-likeness (QED) is 0.725. The van der Waals surface area contributed by atoms with Crippen LogP contribution in [0.3, 0.4) is 0 Å². The van der Waals surface area contributed by atoms with Gasteiger partial charge in [0.2, 0.25) is 6.39 Å². The zero-order valence-corrected chi connectivity index (χ0v) is 12.2. The van der Waals surface area contributed by atoms with E-state index < -0.39 is 5.82 Å². The van der Waals surface area contributed by atoms with E-state index in [0.29, 0.717) is 17.8 Å². The molecule has 1 saturated heterocycles. The maximum atomic E-state index is 13.8. The van der Waals surface area contributed by atoms with Crippen LogP contribution >= 0.6 is 0 Å². The number of halogens is 1. The van der Waals surface area contributed by atoms with Gasteiger partial charge in [0.25, 0.3) is 5.91 Å². The van der Waals surface area contributed by atoms with Crippen molar-refractivity contribution in [3.8, 4) is 0 Å². The molecule has 4 rings (SSSR count). The van der Waals surface area contributed by atoms with Crippen LogP contribution in [0.1, 0.15) is 41.7 Å². The van der Waals surface area contributed by atoms with Crippen LogP contribution in [-0.2, 0) is 0 Å². The molecule has 0 bridgehead atoms. The number of rotatable bonds is 2. The molecule has 0 radical (unpaired) electrons. The number of hydrogen-bond donors (Lipinski definition) is 0. The van der Waals surface area contributed by atoms with Crippen LogP contribution in [0.15, 0.2) is 39.6 Å². The molecule has 0 saturated carbocycles. The summed E-state index contributed by atoms with van der Waals surface area (Å²) in [6, 6.07) is 5.94. The molecular formula is C16H14FN3O3. The van der Waals surface area contributed by atoms with Crippen molar-refractivity contribution >= 4 is 16.9 Å². The number of aromatic nitrogens is 2. The van der Waals surface area contributed by atoms with E-state index in [4.69, 9.17) is 8.94 Å². The van der Waals surface area contributed by atoms with Gasteiger partial charge >= 0.3 is 0 Å². The van der Waals surface area contributed by atoms with Gasteiger partial charge in [-0.05, 0) is 31.4 Å². The van der Waals surface area contributed by atoms with E-state index in [1.807, 2.05) is 0 Å². The van der Waals surface area contributed by atoms with E-state index in [2.05, 4.69) is 10.1 Å². The fourth-order valence-corrected chi connectivity index (χ4v) is 3.04. The van der Waals surface area contributed by atoms with Gasteiger partial charge in [-0.1, -0.05) is 17.3 Å². The maximum Gasteiger partial charge on any atom is 0.290 e. The van der Waals surface area contributed by atoms with Gasteiger partial charge in [-0.2, -0.15) is 4.98 Å². The Balaban J connectivity index is 1.69. The lowest BCUT2D eigenvalue weighted by atomic mass is 10.0. The maximum absolute atomic E-state index is 13.8. The van der Waals surface area contributed by atoms with Gasteiger partial charge < -0.3 is 13.8 Å². The molecule has 1 amide bonds. The average Bonchev–Trinajstić information content (AvgIpc) is 3.24. The molecule has 23 heavy (non-hydrogen) atoms. The van der Waals surface area contributed by atoms with Gasteiger partial charge in [0.05, 0.1) is 6.04 Å². The monoisotopic (exact) mass is 315 g/mol. The van der Waals surface area contributed by atoms with E-state index in [0.717, 1.165) is 19.3 Å². The Hall–Kier alpha value is -2.70. The summed E-state index contributed by atoms with van der Waals surface area (Å²) in [5.41, 5.74) is 0.101. The number of fused-ring (bicyclic) bond motifs is 1. The lowest BCUT2D eigenvalue weighted by Gasteiger charge is -2.33. The molecule has 1 fully saturated rings. The molecule has 0 aliphatic carbocycles. The van der Waals surface area contributed by atoms with E-state index >= 15 is 0 Å². The number of para-hydroxylation sites is 1. The van der Waals surface area contributed by atoms with Crippen molar-refractivity contribution in [3.63, 3.8) is 0 Å². The topological polar surface area (TPSA) is 72.4 Å². The predicted molar refractivity (Wildman–Crippen MR) is 78.1 cm³/mol. The molecule has 2 aromatic heterocycles. The third-order valence-corrected chi connectivity index (χ3v) is 4.15. The fourth-order valence-electron chi connectivity index (χ4n) is 3.04. The molecular weight excluding hydrogens is 301 g/mol. The Kier molecular flexibility index (Phi) is 3.33. The van der Waals surface area contributed by atoms with Crippen LogP contribution in [0.4, 0.5) is 4.39 Å². The zero-order chi connectivity index (χ0) is 15.8. The van der Waals surface area contributed by atoms with Gasteiger partial charge in [0, 0.05) is 11.9 Å². The molecule has 7 heteroatoms. The Bertz CT molecular complexity index is 844. The third kappa shape index (κ3) is 2.38. The minimum Gasteiger partial charge on any atom is -0.448 e. The summed E-state index contributed by atoms with van der Waals surface area (Å²) < 4.78 is 24.0. The first-order valence-electron chi connectivity index (χ1n) is 7.49.